The number of hydrogen-bond acceptors (Lipinski definition) is 1. The molecular weight excluding hydrogens is 376 g/mol. The number of carbonyl (C=O) groups is 1. The molecule has 144 valence electrons. The van der Waals surface area contributed by atoms with Gasteiger partial charge in [0.05, 0.1) is 16.5 Å². The van der Waals surface area contributed by atoms with Gasteiger partial charge in [0.15, 0.2) is 14.7 Å². The SMILES string of the molecule is Cc1ccc(C(=O)O)cc1.c1ccc([S+](c2ccccc2)c2ccccc2)cc1. The zero-order chi connectivity index (χ0) is 20.5. The maximum atomic E-state index is 10.3. The zero-order valence-electron chi connectivity index (χ0n) is 16.2. The molecule has 0 aliphatic rings. The minimum absolute atomic E-state index is 0.0146. The number of carboxylic acids is 1. The molecule has 4 aromatic carbocycles. The topological polar surface area (TPSA) is 37.3 Å². The fourth-order valence-electron chi connectivity index (χ4n) is 2.77. The van der Waals surface area contributed by atoms with Crippen molar-refractivity contribution in [3.05, 3.63) is 126 Å². The first-order valence-corrected chi connectivity index (χ1v) is 10.6. The van der Waals surface area contributed by atoms with E-state index in [1.54, 1.807) is 24.3 Å². The quantitative estimate of drug-likeness (QED) is 0.399. The lowest BCUT2D eigenvalue weighted by molar-refractivity contribution is 0.0697. The summed E-state index contributed by atoms with van der Waals surface area (Å²) < 4.78 is 0. The molecule has 0 saturated heterocycles. The van der Waals surface area contributed by atoms with Crippen LogP contribution in [0.15, 0.2) is 130 Å². The molecule has 0 atom stereocenters. The van der Waals surface area contributed by atoms with Gasteiger partial charge in [0.2, 0.25) is 0 Å². The minimum Gasteiger partial charge on any atom is -0.478 e. The van der Waals surface area contributed by atoms with Gasteiger partial charge in [0.1, 0.15) is 0 Å². The van der Waals surface area contributed by atoms with Gasteiger partial charge in [-0.15, -0.1) is 0 Å². The molecule has 0 heterocycles. The Kier molecular flexibility index (Phi) is 7.26. The van der Waals surface area contributed by atoms with Crippen LogP contribution in [0.4, 0.5) is 0 Å². The first-order chi connectivity index (χ1) is 14.1. The van der Waals surface area contributed by atoms with Crippen LogP contribution in [0.2, 0.25) is 0 Å². The summed E-state index contributed by atoms with van der Waals surface area (Å²) in [4.78, 5) is 14.4. The van der Waals surface area contributed by atoms with Gasteiger partial charge in [0, 0.05) is 0 Å². The summed E-state index contributed by atoms with van der Waals surface area (Å²) in [6, 6.07) is 38.9. The summed E-state index contributed by atoms with van der Waals surface area (Å²) in [6.45, 7) is 1.92. The van der Waals surface area contributed by atoms with E-state index < -0.39 is 5.97 Å². The Labute approximate surface area is 174 Å². The van der Waals surface area contributed by atoms with Crippen molar-refractivity contribution in [1.82, 2.24) is 0 Å². The van der Waals surface area contributed by atoms with Crippen molar-refractivity contribution in [2.75, 3.05) is 0 Å². The summed E-state index contributed by atoms with van der Waals surface area (Å²) in [5.41, 5.74) is 1.41. The van der Waals surface area contributed by atoms with E-state index in [0.717, 1.165) is 5.56 Å². The fraction of sp³-hybridized carbons (Fsp3) is 0.0385. The second-order valence-corrected chi connectivity index (χ2v) is 8.44. The van der Waals surface area contributed by atoms with Crippen molar-refractivity contribution in [1.29, 1.82) is 0 Å². The van der Waals surface area contributed by atoms with Crippen LogP contribution in [-0.2, 0) is 10.9 Å². The third-order valence-electron chi connectivity index (χ3n) is 4.24. The molecule has 1 N–H and O–H groups in total. The Balaban J connectivity index is 0.000000204. The van der Waals surface area contributed by atoms with Gasteiger partial charge in [0.25, 0.3) is 0 Å². The number of rotatable bonds is 4. The van der Waals surface area contributed by atoms with Crippen molar-refractivity contribution >= 4 is 16.9 Å². The largest absolute Gasteiger partial charge is 0.478 e. The van der Waals surface area contributed by atoms with Crippen molar-refractivity contribution < 1.29 is 9.90 Å². The monoisotopic (exact) mass is 399 g/mol. The van der Waals surface area contributed by atoms with Gasteiger partial charge in [-0.1, -0.05) is 72.3 Å². The van der Waals surface area contributed by atoms with Gasteiger partial charge in [-0.25, -0.2) is 4.79 Å². The summed E-state index contributed by atoms with van der Waals surface area (Å²) in [5, 5.41) is 8.48. The number of aromatic carboxylic acids is 1. The molecule has 0 aromatic heterocycles. The molecule has 4 rings (SSSR count). The van der Waals surface area contributed by atoms with E-state index in [4.69, 9.17) is 5.11 Å². The maximum Gasteiger partial charge on any atom is 0.335 e. The Bertz CT molecular complexity index is 921. The van der Waals surface area contributed by atoms with E-state index in [-0.39, 0.29) is 10.9 Å². The molecular formula is C26H23O2S+. The van der Waals surface area contributed by atoms with Crippen molar-refractivity contribution in [2.24, 2.45) is 0 Å². The first-order valence-electron chi connectivity index (χ1n) is 9.34. The molecule has 0 aliphatic carbocycles. The van der Waals surface area contributed by atoms with Crippen LogP contribution >= 0.6 is 0 Å². The van der Waals surface area contributed by atoms with Crippen LogP contribution in [0.25, 0.3) is 0 Å². The van der Waals surface area contributed by atoms with E-state index in [1.807, 2.05) is 6.92 Å². The molecule has 0 bridgehead atoms. The number of carboxylic acid groups (broad SMARTS) is 1. The highest BCUT2D eigenvalue weighted by molar-refractivity contribution is 7.97. The number of aryl methyl sites for hydroxylation is 1. The molecule has 0 amide bonds. The van der Waals surface area contributed by atoms with Crippen LogP contribution in [-0.4, -0.2) is 11.1 Å². The van der Waals surface area contributed by atoms with Gasteiger partial charge < -0.3 is 5.11 Å². The summed E-state index contributed by atoms with van der Waals surface area (Å²) in [5.74, 6) is -0.875. The molecule has 0 saturated carbocycles. The highest BCUT2D eigenvalue weighted by atomic mass is 32.2. The zero-order valence-corrected chi connectivity index (χ0v) is 17.0. The Morgan fingerprint density at radius 3 is 1.24 bits per heavy atom. The molecule has 2 nitrogen and oxygen atoms in total. The third-order valence-corrected chi connectivity index (χ3v) is 6.47. The van der Waals surface area contributed by atoms with Crippen LogP contribution in [0.3, 0.4) is 0 Å². The van der Waals surface area contributed by atoms with Crippen molar-refractivity contribution in [2.45, 2.75) is 21.6 Å². The first kappa shape index (κ1) is 20.4. The predicted molar refractivity (Wildman–Crippen MR) is 120 cm³/mol. The summed E-state index contributed by atoms with van der Waals surface area (Å²) >= 11 is 0. The molecule has 0 radical (unpaired) electrons. The van der Waals surface area contributed by atoms with Crippen LogP contribution in [0.5, 0.6) is 0 Å². The third kappa shape index (κ3) is 5.84. The molecule has 29 heavy (non-hydrogen) atoms. The average Bonchev–Trinajstić information content (AvgIpc) is 2.77. The Hall–Kier alpha value is -3.30. The second-order valence-electron chi connectivity index (χ2n) is 6.42. The lowest BCUT2D eigenvalue weighted by Gasteiger charge is -2.07. The van der Waals surface area contributed by atoms with E-state index in [0.29, 0.717) is 5.56 Å². The molecule has 0 fully saturated rings. The summed E-state index contributed by atoms with van der Waals surface area (Å²) in [6.07, 6.45) is 0. The normalized spacial score (nSPS) is 10.1. The smallest absolute Gasteiger partial charge is 0.335 e. The second kappa shape index (κ2) is 10.3. The molecule has 4 aromatic rings. The van der Waals surface area contributed by atoms with Gasteiger partial charge in [-0.3, -0.25) is 0 Å². The van der Waals surface area contributed by atoms with E-state index >= 15 is 0 Å². The highest BCUT2D eigenvalue weighted by Gasteiger charge is 2.27. The lowest BCUT2D eigenvalue weighted by atomic mass is 10.2. The lowest BCUT2D eigenvalue weighted by Crippen LogP contribution is -2.04. The minimum atomic E-state index is -0.875. The Morgan fingerprint density at radius 2 is 0.931 bits per heavy atom. The molecule has 0 aliphatic heterocycles. The van der Waals surface area contributed by atoms with Crippen LogP contribution < -0.4 is 0 Å². The highest BCUT2D eigenvalue weighted by Crippen LogP contribution is 2.30. The predicted octanol–water partition coefficient (Wildman–Crippen LogP) is 6.48. The van der Waals surface area contributed by atoms with Gasteiger partial charge >= 0.3 is 5.97 Å². The fourth-order valence-corrected chi connectivity index (χ4v) is 4.88. The van der Waals surface area contributed by atoms with Crippen LogP contribution in [0, 0.1) is 6.92 Å². The van der Waals surface area contributed by atoms with Crippen LogP contribution in [0.1, 0.15) is 15.9 Å². The maximum absolute atomic E-state index is 10.3. The molecule has 3 heteroatoms. The molecule has 0 spiro atoms. The van der Waals surface area contributed by atoms with Crippen molar-refractivity contribution in [3.63, 3.8) is 0 Å². The van der Waals surface area contributed by atoms with E-state index in [1.165, 1.54) is 14.7 Å². The van der Waals surface area contributed by atoms with E-state index in [9.17, 15) is 4.79 Å². The number of benzene rings is 4. The summed E-state index contributed by atoms with van der Waals surface area (Å²) in [7, 11) is -0.0146. The Morgan fingerprint density at radius 1 is 0.586 bits per heavy atom. The average molecular weight is 400 g/mol. The molecule has 0 unspecified atom stereocenters. The standard InChI is InChI=1S/C18H15S.C8H8O2/c1-4-10-16(11-5-1)19(17-12-6-2-7-13-17)18-14-8-3-9-15-18;1-6-2-4-7(5-3-6)8(9)10/h1-15H;2-5H,1H3,(H,9,10)/q+1;. The van der Waals surface area contributed by atoms with Crippen molar-refractivity contribution in [3.8, 4) is 0 Å². The van der Waals surface area contributed by atoms with Gasteiger partial charge in [-0.05, 0) is 55.5 Å². The number of hydrogen-bond donors (Lipinski definition) is 1. The van der Waals surface area contributed by atoms with Gasteiger partial charge in [-0.2, -0.15) is 0 Å². The van der Waals surface area contributed by atoms with E-state index in [2.05, 4.69) is 91.0 Å².